The molecule has 0 amide bonds. The van der Waals surface area contributed by atoms with Gasteiger partial charge in [0.2, 0.25) is 0 Å². The molecular formula is C116H88N4. The molecule has 0 N–H and O–H groups in total. The number of hydrogen-bond donors (Lipinski definition) is 0. The van der Waals surface area contributed by atoms with Crippen molar-refractivity contribution < 1.29 is 0 Å². The van der Waals surface area contributed by atoms with Crippen LogP contribution in [0.3, 0.4) is 0 Å². The molecule has 22 rings (SSSR count). The van der Waals surface area contributed by atoms with Gasteiger partial charge < -0.3 is 19.6 Å². The Labute approximate surface area is 701 Å². The maximum atomic E-state index is 2.47. The molecule has 0 aliphatic rings. The van der Waals surface area contributed by atoms with E-state index in [1.165, 1.54) is 175 Å². The molecule has 0 heterocycles. The van der Waals surface area contributed by atoms with Crippen LogP contribution in [0.5, 0.6) is 0 Å². The van der Waals surface area contributed by atoms with Gasteiger partial charge in [-0.15, -0.1) is 0 Å². The van der Waals surface area contributed by atoms with Gasteiger partial charge in [0.15, 0.2) is 0 Å². The SMILES string of the molecule is Cc1ccc(N(c2ccccc2)c2cccc3c2ccc2ccccc23)cc1.Cc1cccc(N(c2ccccc2)c2cccc3c2ccc2ccccc23)c1.Cc1ccccc1N(c1cc2ccccc2c2ccccc12)c1cccc2ccc3ccccc3c12.Cc1ccccc1N(c1ccccc1)c1cccc2c1ccc1ccccc12. The van der Waals surface area contributed by atoms with Crippen molar-refractivity contribution in [2.24, 2.45) is 0 Å². The van der Waals surface area contributed by atoms with Crippen LogP contribution in [0.2, 0.25) is 0 Å². The normalized spacial score (nSPS) is 11.2. The maximum absolute atomic E-state index is 2.47. The summed E-state index contributed by atoms with van der Waals surface area (Å²) in [5.41, 5.74) is 19.2. The Morgan fingerprint density at radius 2 is 0.425 bits per heavy atom. The molecule has 0 unspecified atom stereocenters. The van der Waals surface area contributed by atoms with Gasteiger partial charge in [-0.3, -0.25) is 0 Å². The van der Waals surface area contributed by atoms with E-state index in [2.05, 4.69) is 508 Å². The van der Waals surface area contributed by atoms with Crippen LogP contribution < -0.4 is 19.6 Å². The van der Waals surface area contributed by atoms with Gasteiger partial charge >= 0.3 is 0 Å². The molecule has 0 radical (unpaired) electrons. The second-order valence-electron chi connectivity index (χ2n) is 30.9. The number of rotatable bonds is 12. The molecule has 0 fully saturated rings. The summed E-state index contributed by atoms with van der Waals surface area (Å²) in [6.45, 7) is 8.64. The van der Waals surface area contributed by atoms with Gasteiger partial charge in [-0.25, -0.2) is 0 Å². The molecule has 0 aromatic heterocycles. The largest absolute Gasteiger partial charge is 0.310 e. The lowest BCUT2D eigenvalue weighted by Crippen LogP contribution is -2.12. The van der Waals surface area contributed by atoms with Crippen LogP contribution in [0, 0.1) is 27.7 Å². The Kier molecular flexibility index (Phi) is 20.8. The first kappa shape index (κ1) is 74.7. The number of para-hydroxylation sites is 5. The first-order valence-electron chi connectivity index (χ1n) is 41.4. The second-order valence-corrected chi connectivity index (χ2v) is 30.9. The van der Waals surface area contributed by atoms with Crippen LogP contribution in [0.15, 0.2) is 461 Å². The van der Waals surface area contributed by atoms with Gasteiger partial charge in [0.1, 0.15) is 0 Å². The fraction of sp³-hybridized carbons (Fsp3) is 0.0345. The van der Waals surface area contributed by atoms with Crippen LogP contribution in [0.1, 0.15) is 22.3 Å². The van der Waals surface area contributed by atoms with Crippen LogP contribution in [-0.4, -0.2) is 0 Å². The summed E-state index contributed by atoms with van der Waals surface area (Å²) < 4.78 is 0. The van der Waals surface area contributed by atoms with E-state index in [1.807, 2.05) is 0 Å². The van der Waals surface area contributed by atoms with Crippen LogP contribution in [0.4, 0.5) is 68.2 Å². The quantitative estimate of drug-likeness (QED) is 0.113. The molecule has 0 saturated carbocycles. The second kappa shape index (κ2) is 33.5. The van der Waals surface area contributed by atoms with E-state index in [1.54, 1.807) is 0 Å². The average Bonchev–Trinajstić information content (AvgIpc) is 0.756. The first-order valence-corrected chi connectivity index (χ1v) is 41.4. The highest BCUT2D eigenvalue weighted by Gasteiger charge is 2.24. The van der Waals surface area contributed by atoms with E-state index in [9.17, 15) is 0 Å². The standard InChI is InChI=1S/C35H25N.3C27H21N/c1-24-11-2-9-19-32(24)36(33-20-10-14-26-22-21-25-12-3-6-16-29(25)35(26)33)34-23-27-13-4-5-15-28(27)30-17-7-8-18-31(30)34;1-20-10-5-8-16-26(20)28(22-12-3-2-4-13-22)27-17-9-15-24-23-14-7-6-11-21(23)18-19-25(24)27;1-20-9-7-13-23(19-20)28(22-11-3-2-4-12-22)27-16-8-15-25-24-14-6-5-10-21(24)17-18-26(25)27;1-20-14-17-23(18-15-20)28(22-9-3-2-4-10-22)27-13-7-12-25-24-11-6-5-8-21(24)16-19-26(25)27/h2-23H,1H3;3*2-19H,1H3. The Balaban J connectivity index is 0.000000106. The van der Waals surface area contributed by atoms with Crippen molar-refractivity contribution >= 4 is 176 Å². The minimum absolute atomic E-state index is 1.16. The van der Waals surface area contributed by atoms with Crippen molar-refractivity contribution in [3.05, 3.63) is 483 Å². The molecule has 22 aromatic rings. The number of aryl methyl sites for hydroxylation is 4. The fourth-order valence-electron chi connectivity index (χ4n) is 17.6. The molecule has 22 aromatic carbocycles. The van der Waals surface area contributed by atoms with Gasteiger partial charge in [0.25, 0.3) is 0 Å². The molecule has 0 atom stereocenters. The van der Waals surface area contributed by atoms with Crippen LogP contribution in [0.25, 0.3) is 108 Å². The number of hydrogen-bond acceptors (Lipinski definition) is 4. The van der Waals surface area contributed by atoms with Gasteiger partial charge in [-0.05, 0) is 228 Å². The van der Waals surface area contributed by atoms with Crippen molar-refractivity contribution in [2.45, 2.75) is 27.7 Å². The predicted octanol–water partition coefficient (Wildman–Crippen LogP) is 33.4. The number of benzene rings is 22. The lowest BCUT2D eigenvalue weighted by molar-refractivity contribution is 1.26. The zero-order valence-electron chi connectivity index (χ0n) is 67.7. The number of anilines is 12. The molecule has 4 nitrogen and oxygen atoms in total. The highest BCUT2D eigenvalue weighted by atomic mass is 15.2. The van der Waals surface area contributed by atoms with Gasteiger partial charge in [-0.1, -0.05) is 363 Å². The van der Waals surface area contributed by atoms with Crippen molar-refractivity contribution in [1.29, 1.82) is 0 Å². The van der Waals surface area contributed by atoms with E-state index in [0.717, 1.165) is 22.7 Å². The smallest absolute Gasteiger partial charge is 0.0546 e. The van der Waals surface area contributed by atoms with E-state index in [4.69, 9.17) is 0 Å². The monoisotopic (exact) mass is 1540 g/mol. The Bertz CT molecular complexity index is 7480. The third kappa shape index (κ3) is 14.7. The summed E-state index contributed by atoms with van der Waals surface area (Å²) in [6, 6.07) is 165. The highest BCUT2D eigenvalue weighted by molar-refractivity contribution is 6.20. The van der Waals surface area contributed by atoms with Crippen molar-refractivity contribution in [3.8, 4) is 0 Å². The molecule has 120 heavy (non-hydrogen) atoms. The minimum Gasteiger partial charge on any atom is -0.310 e. The number of nitrogens with zero attached hydrogens (tertiary/aromatic N) is 4. The Hall–Kier alpha value is -15.4. The third-order valence-electron chi connectivity index (χ3n) is 23.3. The molecule has 4 heteroatoms. The summed E-state index contributed by atoms with van der Waals surface area (Å²) >= 11 is 0. The molecule has 0 bridgehead atoms. The lowest BCUT2D eigenvalue weighted by atomic mass is 9.96. The van der Waals surface area contributed by atoms with Gasteiger partial charge in [0.05, 0.1) is 28.4 Å². The average molecular weight is 1540 g/mol. The molecule has 0 aliphatic carbocycles. The van der Waals surface area contributed by atoms with Gasteiger partial charge in [-0.2, -0.15) is 0 Å². The zero-order chi connectivity index (χ0) is 80.8. The highest BCUT2D eigenvalue weighted by Crippen LogP contribution is 2.49. The summed E-state index contributed by atoms with van der Waals surface area (Å²) in [7, 11) is 0. The molecule has 0 spiro atoms. The lowest BCUT2D eigenvalue weighted by Gasteiger charge is -2.30. The fourth-order valence-corrected chi connectivity index (χ4v) is 17.6. The molecule has 0 aliphatic heterocycles. The topological polar surface area (TPSA) is 13.0 Å². The van der Waals surface area contributed by atoms with E-state index in [0.29, 0.717) is 0 Å². The van der Waals surface area contributed by atoms with E-state index in [-0.39, 0.29) is 0 Å². The maximum Gasteiger partial charge on any atom is 0.0546 e. The van der Waals surface area contributed by atoms with Crippen molar-refractivity contribution in [3.63, 3.8) is 0 Å². The van der Waals surface area contributed by atoms with E-state index >= 15 is 0 Å². The Morgan fingerprint density at radius 1 is 0.133 bits per heavy atom. The summed E-state index contributed by atoms with van der Waals surface area (Å²) in [6.07, 6.45) is 0. The van der Waals surface area contributed by atoms with Gasteiger partial charge in [0, 0.05) is 66.7 Å². The zero-order valence-corrected chi connectivity index (χ0v) is 67.7. The van der Waals surface area contributed by atoms with Crippen LogP contribution in [-0.2, 0) is 0 Å². The number of fused-ring (bicyclic) bond motifs is 15. The van der Waals surface area contributed by atoms with E-state index < -0.39 is 0 Å². The third-order valence-corrected chi connectivity index (χ3v) is 23.3. The first-order chi connectivity index (χ1) is 59.2. The molecule has 0 saturated heterocycles. The molecular weight excluding hydrogens is 1450 g/mol. The molecule has 572 valence electrons. The predicted molar refractivity (Wildman–Crippen MR) is 519 cm³/mol. The van der Waals surface area contributed by atoms with Crippen molar-refractivity contribution in [1.82, 2.24) is 0 Å². The van der Waals surface area contributed by atoms with Crippen LogP contribution >= 0.6 is 0 Å². The summed E-state index contributed by atoms with van der Waals surface area (Å²) in [5.74, 6) is 0. The van der Waals surface area contributed by atoms with Crippen molar-refractivity contribution in [2.75, 3.05) is 19.6 Å². The Morgan fingerprint density at radius 3 is 0.908 bits per heavy atom. The summed E-state index contributed by atoms with van der Waals surface area (Å²) in [4.78, 5) is 9.53. The summed E-state index contributed by atoms with van der Waals surface area (Å²) in [5, 5.41) is 25.4. The minimum atomic E-state index is 1.16.